The van der Waals surface area contributed by atoms with Gasteiger partial charge in [-0.2, -0.15) is 0 Å². The normalized spacial score (nSPS) is 21.4. The molecule has 1 saturated heterocycles. The third kappa shape index (κ3) is 2.21. The van der Waals surface area contributed by atoms with Crippen molar-refractivity contribution in [2.75, 3.05) is 18.0 Å². The molecule has 0 saturated carbocycles. The Morgan fingerprint density at radius 3 is 2.94 bits per heavy atom. The molecule has 1 aromatic heterocycles. The topological polar surface area (TPSA) is 47.1 Å². The van der Waals surface area contributed by atoms with Crippen LogP contribution in [-0.4, -0.2) is 28.7 Å². The molecule has 2 rings (SSSR count). The number of hydrogen-bond acceptors (Lipinski definition) is 3. The Bertz CT molecular complexity index is 345. The zero-order chi connectivity index (χ0) is 11.5. The summed E-state index contributed by atoms with van der Waals surface area (Å²) >= 11 is 0. The fourth-order valence-electron chi connectivity index (χ4n) is 2.31. The molecule has 1 atom stereocenters. The fourth-order valence-corrected chi connectivity index (χ4v) is 2.31. The zero-order valence-corrected chi connectivity index (χ0v) is 10.3. The van der Waals surface area contributed by atoms with E-state index in [2.05, 4.69) is 29.5 Å². The van der Waals surface area contributed by atoms with Crippen LogP contribution >= 0.6 is 0 Å². The van der Waals surface area contributed by atoms with Crippen molar-refractivity contribution in [3.63, 3.8) is 0 Å². The second-order valence-corrected chi connectivity index (χ2v) is 4.52. The highest BCUT2D eigenvalue weighted by atomic mass is 15.3. The molecule has 1 fully saturated rings. The van der Waals surface area contributed by atoms with Crippen molar-refractivity contribution in [3.05, 3.63) is 11.9 Å². The van der Waals surface area contributed by atoms with Crippen molar-refractivity contribution < 1.29 is 0 Å². The predicted octanol–water partition coefficient (Wildman–Crippen LogP) is 1.39. The van der Waals surface area contributed by atoms with E-state index >= 15 is 0 Å². The van der Waals surface area contributed by atoms with Gasteiger partial charge in [0.2, 0.25) is 5.95 Å². The third-order valence-corrected chi connectivity index (χ3v) is 3.25. The van der Waals surface area contributed by atoms with Gasteiger partial charge in [-0.05, 0) is 26.2 Å². The Morgan fingerprint density at radius 2 is 2.31 bits per heavy atom. The summed E-state index contributed by atoms with van der Waals surface area (Å²) < 4.78 is 2.23. The first kappa shape index (κ1) is 11.5. The fraction of sp³-hybridized carbons (Fsp3) is 0.750. The SMILES string of the molecule is CCc1cn(CC)c(N2CCC[C@@H](N)C2)n1. The van der Waals surface area contributed by atoms with Gasteiger partial charge in [-0.1, -0.05) is 6.92 Å². The summed E-state index contributed by atoms with van der Waals surface area (Å²) in [4.78, 5) is 7.02. The minimum atomic E-state index is 0.306. The van der Waals surface area contributed by atoms with Crippen molar-refractivity contribution >= 4 is 5.95 Å². The van der Waals surface area contributed by atoms with Gasteiger partial charge in [0.15, 0.2) is 0 Å². The first-order valence-electron chi connectivity index (χ1n) is 6.31. The number of nitrogens with zero attached hydrogens (tertiary/aromatic N) is 3. The molecule has 4 heteroatoms. The Morgan fingerprint density at radius 1 is 1.50 bits per heavy atom. The smallest absolute Gasteiger partial charge is 0.205 e. The lowest BCUT2D eigenvalue weighted by atomic mass is 10.1. The van der Waals surface area contributed by atoms with Crippen LogP contribution in [0.2, 0.25) is 0 Å². The lowest BCUT2D eigenvalue weighted by Crippen LogP contribution is -2.43. The molecule has 4 nitrogen and oxygen atoms in total. The molecule has 0 bridgehead atoms. The number of anilines is 1. The maximum absolute atomic E-state index is 6.01. The standard InChI is InChI=1S/C12H22N4/c1-3-11-9-15(4-2)12(14-11)16-7-5-6-10(13)8-16/h9-10H,3-8,13H2,1-2H3/t10-/m1/s1. The van der Waals surface area contributed by atoms with Crippen LogP contribution in [0.4, 0.5) is 5.95 Å². The van der Waals surface area contributed by atoms with Crippen LogP contribution in [0.3, 0.4) is 0 Å². The molecule has 0 aliphatic carbocycles. The zero-order valence-electron chi connectivity index (χ0n) is 10.3. The van der Waals surface area contributed by atoms with Crippen molar-refractivity contribution in [1.82, 2.24) is 9.55 Å². The molecule has 16 heavy (non-hydrogen) atoms. The summed E-state index contributed by atoms with van der Waals surface area (Å²) in [5, 5.41) is 0. The average molecular weight is 222 g/mol. The van der Waals surface area contributed by atoms with Gasteiger partial charge in [-0.3, -0.25) is 0 Å². The molecule has 1 aliphatic heterocycles. The van der Waals surface area contributed by atoms with Gasteiger partial charge >= 0.3 is 0 Å². The molecule has 1 aromatic rings. The van der Waals surface area contributed by atoms with Gasteiger partial charge in [-0.15, -0.1) is 0 Å². The summed E-state index contributed by atoms with van der Waals surface area (Å²) in [6.07, 6.45) is 5.48. The maximum atomic E-state index is 6.01. The van der Waals surface area contributed by atoms with Gasteiger partial charge in [0, 0.05) is 31.9 Å². The van der Waals surface area contributed by atoms with Crippen molar-refractivity contribution in [2.24, 2.45) is 5.73 Å². The molecule has 0 aromatic carbocycles. The molecule has 2 N–H and O–H groups in total. The van der Waals surface area contributed by atoms with Crippen LogP contribution in [0.5, 0.6) is 0 Å². The van der Waals surface area contributed by atoms with Gasteiger partial charge in [0.25, 0.3) is 0 Å². The first-order valence-corrected chi connectivity index (χ1v) is 6.31. The highest BCUT2D eigenvalue weighted by Crippen LogP contribution is 2.19. The number of hydrogen-bond donors (Lipinski definition) is 1. The predicted molar refractivity (Wildman–Crippen MR) is 66.7 cm³/mol. The number of rotatable bonds is 3. The molecule has 0 unspecified atom stereocenters. The van der Waals surface area contributed by atoms with Gasteiger partial charge in [0.1, 0.15) is 0 Å². The van der Waals surface area contributed by atoms with Crippen LogP contribution in [0, 0.1) is 0 Å². The largest absolute Gasteiger partial charge is 0.341 e. The van der Waals surface area contributed by atoms with Crippen LogP contribution < -0.4 is 10.6 Å². The van der Waals surface area contributed by atoms with E-state index in [-0.39, 0.29) is 0 Å². The minimum Gasteiger partial charge on any atom is -0.341 e. The Balaban J connectivity index is 2.20. The monoisotopic (exact) mass is 222 g/mol. The van der Waals surface area contributed by atoms with Crippen LogP contribution in [-0.2, 0) is 13.0 Å². The Hall–Kier alpha value is -1.03. The van der Waals surface area contributed by atoms with Gasteiger partial charge in [-0.25, -0.2) is 4.98 Å². The third-order valence-electron chi connectivity index (χ3n) is 3.25. The van der Waals surface area contributed by atoms with Crippen molar-refractivity contribution in [2.45, 2.75) is 45.7 Å². The summed E-state index contributed by atoms with van der Waals surface area (Å²) in [6.45, 7) is 7.32. The van der Waals surface area contributed by atoms with E-state index in [0.717, 1.165) is 38.4 Å². The summed E-state index contributed by atoms with van der Waals surface area (Å²) in [6, 6.07) is 0.306. The number of nitrogens with two attached hydrogens (primary N) is 1. The number of aromatic nitrogens is 2. The Kier molecular flexibility index (Phi) is 3.49. The Labute approximate surface area is 97.4 Å². The molecule has 1 aliphatic rings. The van der Waals surface area contributed by atoms with Crippen molar-refractivity contribution in [3.8, 4) is 0 Å². The summed E-state index contributed by atoms with van der Waals surface area (Å²) in [7, 11) is 0. The molecule has 2 heterocycles. The molecular formula is C12H22N4. The molecule has 0 radical (unpaired) electrons. The van der Waals surface area contributed by atoms with Crippen LogP contribution in [0.25, 0.3) is 0 Å². The lowest BCUT2D eigenvalue weighted by molar-refractivity contribution is 0.493. The van der Waals surface area contributed by atoms with E-state index in [1.54, 1.807) is 0 Å². The molecular weight excluding hydrogens is 200 g/mol. The number of imidazole rings is 1. The number of piperidine rings is 1. The summed E-state index contributed by atoms with van der Waals surface area (Å²) in [5.74, 6) is 1.11. The molecule has 0 spiro atoms. The highest BCUT2D eigenvalue weighted by molar-refractivity contribution is 5.34. The van der Waals surface area contributed by atoms with E-state index in [0.29, 0.717) is 6.04 Å². The van der Waals surface area contributed by atoms with Gasteiger partial charge < -0.3 is 15.2 Å². The first-order chi connectivity index (χ1) is 7.74. The van der Waals surface area contributed by atoms with Crippen LogP contribution in [0.1, 0.15) is 32.4 Å². The quantitative estimate of drug-likeness (QED) is 0.840. The van der Waals surface area contributed by atoms with E-state index < -0.39 is 0 Å². The highest BCUT2D eigenvalue weighted by Gasteiger charge is 2.20. The van der Waals surface area contributed by atoms with E-state index in [1.807, 2.05) is 0 Å². The van der Waals surface area contributed by atoms with Crippen molar-refractivity contribution in [1.29, 1.82) is 0 Å². The van der Waals surface area contributed by atoms with E-state index in [4.69, 9.17) is 10.7 Å². The number of aryl methyl sites for hydroxylation is 2. The second-order valence-electron chi connectivity index (χ2n) is 4.52. The van der Waals surface area contributed by atoms with Gasteiger partial charge in [0.05, 0.1) is 5.69 Å². The summed E-state index contributed by atoms with van der Waals surface area (Å²) in [5.41, 5.74) is 7.19. The maximum Gasteiger partial charge on any atom is 0.205 e. The average Bonchev–Trinajstić information content (AvgIpc) is 2.72. The lowest BCUT2D eigenvalue weighted by Gasteiger charge is -2.31. The van der Waals surface area contributed by atoms with E-state index in [9.17, 15) is 0 Å². The minimum absolute atomic E-state index is 0.306. The second kappa shape index (κ2) is 4.87. The van der Waals surface area contributed by atoms with Crippen LogP contribution in [0.15, 0.2) is 6.20 Å². The van der Waals surface area contributed by atoms with E-state index in [1.165, 1.54) is 12.1 Å². The molecule has 0 amide bonds. The molecule has 90 valence electrons.